The van der Waals surface area contributed by atoms with Crippen molar-refractivity contribution >= 4 is 44.7 Å². The van der Waals surface area contributed by atoms with E-state index in [1.807, 2.05) is 36.4 Å². The highest BCUT2D eigenvalue weighted by molar-refractivity contribution is 6.35. The normalized spacial score (nSPS) is 16.5. The van der Waals surface area contributed by atoms with Crippen molar-refractivity contribution < 1.29 is 0 Å². The molecule has 43 heavy (non-hydrogen) atoms. The highest BCUT2D eigenvalue weighted by Gasteiger charge is 2.47. The topological polar surface area (TPSA) is 110 Å². The van der Waals surface area contributed by atoms with Gasteiger partial charge < -0.3 is 20.6 Å². The summed E-state index contributed by atoms with van der Waals surface area (Å²) < 4.78 is 1.60. The molecule has 4 N–H and O–H groups in total. The van der Waals surface area contributed by atoms with Crippen LogP contribution in [0.2, 0.25) is 5.02 Å². The molecule has 2 aromatic heterocycles. The lowest BCUT2D eigenvalue weighted by molar-refractivity contribution is 0.171. The molecule has 4 aromatic rings. The molecule has 0 unspecified atom stereocenters. The van der Waals surface area contributed by atoms with Gasteiger partial charge in [-0.2, -0.15) is 5.26 Å². The Morgan fingerprint density at radius 2 is 1.98 bits per heavy atom. The summed E-state index contributed by atoms with van der Waals surface area (Å²) in [6, 6.07) is 13.6. The van der Waals surface area contributed by atoms with Gasteiger partial charge in [0.25, 0.3) is 5.56 Å². The van der Waals surface area contributed by atoms with E-state index in [1.54, 1.807) is 24.0 Å². The van der Waals surface area contributed by atoms with Crippen molar-refractivity contribution in [3.05, 3.63) is 87.2 Å². The number of rotatable bonds is 8. The Balaban J connectivity index is 1.49. The van der Waals surface area contributed by atoms with Crippen molar-refractivity contribution in [1.82, 2.24) is 25.5 Å². The zero-order valence-corrected chi connectivity index (χ0v) is 25.9. The largest absolute Gasteiger partial charge is 0.383 e. The molecular formula is C33H37ClN8O. The summed E-state index contributed by atoms with van der Waals surface area (Å²) in [5.41, 5.74) is 11.2. The van der Waals surface area contributed by atoms with Gasteiger partial charge in [0.2, 0.25) is 0 Å². The molecule has 1 aliphatic carbocycles. The highest BCUT2D eigenvalue weighted by atomic mass is 35.5. The Labute approximate surface area is 256 Å². The van der Waals surface area contributed by atoms with E-state index < -0.39 is 0 Å². The first kappa shape index (κ1) is 28.8. The molecule has 10 heteroatoms. The van der Waals surface area contributed by atoms with Gasteiger partial charge in [0.1, 0.15) is 6.07 Å². The SMILES string of the molecule is CCC1(N2C=C([C@@H](Nc3cc(Cl)c4ncc(C#N)c(NCC(C)(C)C)c4c3)c3cccc4c(=O)n(C)ccc34)NN2)CC1. The first-order chi connectivity index (χ1) is 20.5. The van der Waals surface area contributed by atoms with Gasteiger partial charge in [-0.25, -0.2) is 0 Å². The molecule has 1 saturated carbocycles. The molecule has 9 nitrogen and oxygen atoms in total. The number of hydrogen-bond acceptors (Lipinski definition) is 8. The van der Waals surface area contributed by atoms with Gasteiger partial charge in [0, 0.05) is 48.6 Å². The Hall–Kier alpha value is -4.26. The van der Waals surface area contributed by atoms with Crippen LogP contribution in [0, 0.1) is 16.7 Å². The molecule has 0 radical (unpaired) electrons. The average Bonchev–Trinajstić information content (AvgIpc) is 3.63. The number of hydrogen-bond donors (Lipinski definition) is 4. The summed E-state index contributed by atoms with van der Waals surface area (Å²) in [4.78, 5) is 17.6. The molecule has 0 spiro atoms. The van der Waals surface area contributed by atoms with Crippen molar-refractivity contribution in [2.75, 3.05) is 17.2 Å². The van der Waals surface area contributed by atoms with E-state index in [0.717, 1.165) is 47.0 Å². The van der Waals surface area contributed by atoms with Gasteiger partial charge in [-0.15, -0.1) is 5.53 Å². The molecule has 1 fully saturated rings. The monoisotopic (exact) mass is 596 g/mol. The smallest absolute Gasteiger partial charge is 0.258 e. The molecule has 0 saturated heterocycles. The standard InChI is InChI=1S/C33H37ClN8O/c1-6-33(11-12-33)42-18-27(39-40-42)30(23-8-7-9-24-22(23)10-13-41(5)31(24)43)38-21-14-25-28(37-19-32(2,3)4)20(16-35)17-36-29(25)26(34)15-21/h7-10,13-15,17-18,30,38-40H,6,11-12,19H2,1-5H3,(H,36,37)/t30-/m0/s1. The van der Waals surface area contributed by atoms with Crippen LogP contribution in [0.25, 0.3) is 21.7 Å². The van der Waals surface area contributed by atoms with Crippen LogP contribution < -0.4 is 27.2 Å². The molecule has 2 aliphatic rings. The third-order valence-corrected chi connectivity index (χ3v) is 8.80. The second kappa shape index (κ2) is 10.8. The molecule has 1 atom stereocenters. The van der Waals surface area contributed by atoms with E-state index in [9.17, 15) is 10.1 Å². The third-order valence-electron chi connectivity index (χ3n) is 8.51. The van der Waals surface area contributed by atoms with Crippen LogP contribution in [0.1, 0.15) is 64.1 Å². The number of pyridine rings is 2. The summed E-state index contributed by atoms with van der Waals surface area (Å²) in [6.45, 7) is 9.30. The molecule has 3 heterocycles. The molecule has 1 aliphatic heterocycles. The molecule has 6 rings (SSSR count). The number of aryl methyl sites for hydroxylation is 1. The number of nitrogens with one attached hydrogen (secondary N) is 4. The molecular weight excluding hydrogens is 560 g/mol. The quantitative estimate of drug-likeness (QED) is 0.187. The van der Waals surface area contributed by atoms with Crippen molar-refractivity contribution in [3.63, 3.8) is 0 Å². The molecule has 0 amide bonds. The molecule has 222 valence electrons. The maximum atomic E-state index is 13.1. The number of fused-ring (bicyclic) bond motifs is 2. The van der Waals surface area contributed by atoms with Crippen molar-refractivity contribution in [3.8, 4) is 6.07 Å². The number of anilines is 2. The number of nitriles is 1. The molecule has 2 aromatic carbocycles. The van der Waals surface area contributed by atoms with Gasteiger partial charge in [-0.3, -0.25) is 14.8 Å². The highest BCUT2D eigenvalue weighted by Crippen LogP contribution is 2.45. The van der Waals surface area contributed by atoms with Gasteiger partial charge in [0.15, 0.2) is 0 Å². The fraction of sp³-hybridized carbons (Fsp3) is 0.364. The Morgan fingerprint density at radius 3 is 2.67 bits per heavy atom. The van der Waals surface area contributed by atoms with E-state index in [1.165, 1.54) is 0 Å². The van der Waals surface area contributed by atoms with Crippen LogP contribution >= 0.6 is 11.6 Å². The summed E-state index contributed by atoms with van der Waals surface area (Å²) in [7, 11) is 1.76. The predicted molar refractivity (Wildman–Crippen MR) is 173 cm³/mol. The third kappa shape index (κ3) is 5.37. The fourth-order valence-electron chi connectivity index (χ4n) is 5.75. The summed E-state index contributed by atoms with van der Waals surface area (Å²) in [5.74, 6) is 0. The van der Waals surface area contributed by atoms with E-state index in [0.29, 0.717) is 33.7 Å². The minimum Gasteiger partial charge on any atom is -0.383 e. The number of halogens is 1. The number of benzene rings is 2. The zero-order valence-electron chi connectivity index (χ0n) is 25.2. The second-order valence-corrected chi connectivity index (χ2v) is 13.2. The maximum absolute atomic E-state index is 13.1. The van der Waals surface area contributed by atoms with Crippen molar-refractivity contribution in [1.29, 1.82) is 5.26 Å². The van der Waals surface area contributed by atoms with E-state index in [-0.39, 0.29) is 22.6 Å². The zero-order chi connectivity index (χ0) is 30.5. The van der Waals surface area contributed by atoms with E-state index >= 15 is 0 Å². The Morgan fingerprint density at radius 1 is 1.19 bits per heavy atom. The summed E-state index contributed by atoms with van der Waals surface area (Å²) in [5, 5.41) is 22.0. The summed E-state index contributed by atoms with van der Waals surface area (Å²) in [6.07, 6.45) is 8.79. The van der Waals surface area contributed by atoms with E-state index in [4.69, 9.17) is 11.6 Å². The number of aromatic nitrogens is 2. The maximum Gasteiger partial charge on any atom is 0.258 e. The van der Waals surface area contributed by atoms with Crippen LogP contribution in [0.3, 0.4) is 0 Å². The van der Waals surface area contributed by atoms with Crippen molar-refractivity contribution in [2.24, 2.45) is 12.5 Å². The Kier molecular flexibility index (Phi) is 7.23. The minimum absolute atomic E-state index is 0.00457. The first-order valence-corrected chi connectivity index (χ1v) is 15.0. The lowest BCUT2D eigenvalue weighted by atomic mass is 9.96. The van der Waals surface area contributed by atoms with Crippen LogP contribution in [0.15, 0.2) is 65.5 Å². The van der Waals surface area contributed by atoms with E-state index in [2.05, 4.69) is 71.6 Å². The average molecular weight is 597 g/mol. The van der Waals surface area contributed by atoms with Gasteiger partial charge in [0.05, 0.1) is 39.1 Å². The van der Waals surface area contributed by atoms with Crippen LogP contribution in [0.4, 0.5) is 11.4 Å². The fourth-order valence-corrected chi connectivity index (χ4v) is 6.02. The van der Waals surface area contributed by atoms with Gasteiger partial charge >= 0.3 is 0 Å². The Bertz CT molecular complexity index is 1860. The van der Waals surface area contributed by atoms with Crippen LogP contribution in [0.5, 0.6) is 0 Å². The number of hydrazine groups is 2. The molecule has 0 bridgehead atoms. The van der Waals surface area contributed by atoms with Gasteiger partial charge in [-0.1, -0.05) is 51.4 Å². The van der Waals surface area contributed by atoms with Crippen LogP contribution in [-0.4, -0.2) is 26.6 Å². The number of nitrogens with zero attached hydrogens (tertiary/aromatic N) is 4. The van der Waals surface area contributed by atoms with Crippen LogP contribution in [-0.2, 0) is 7.05 Å². The first-order valence-electron chi connectivity index (χ1n) is 14.7. The lowest BCUT2D eigenvalue weighted by Crippen LogP contribution is -2.44. The lowest BCUT2D eigenvalue weighted by Gasteiger charge is -2.25. The summed E-state index contributed by atoms with van der Waals surface area (Å²) >= 11 is 6.84. The second-order valence-electron chi connectivity index (χ2n) is 12.8. The predicted octanol–water partition coefficient (Wildman–Crippen LogP) is 6.33. The minimum atomic E-state index is -0.354. The van der Waals surface area contributed by atoms with Gasteiger partial charge in [-0.05, 0) is 59.9 Å². The van der Waals surface area contributed by atoms with Crippen molar-refractivity contribution in [2.45, 2.75) is 58.5 Å².